The average molecular weight is 394 g/mol. The van der Waals surface area contributed by atoms with Gasteiger partial charge in [0.2, 0.25) is 5.91 Å². The molecular formula is C19H24ClN3O4. The van der Waals surface area contributed by atoms with Gasteiger partial charge < -0.3 is 25.1 Å². The van der Waals surface area contributed by atoms with E-state index in [1.807, 2.05) is 0 Å². The van der Waals surface area contributed by atoms with E-state index >= 15 is 0 Å². The molecule has 1 aromatic carbocycles. The molecule has 1 fully saturated rings. The van der Waals surface area contributed by atoms with Crippen molar-refractivity contribution >= 4 is 35.6 Å². The van der Waals surface area contributed by atoms with Crippen LogP contribution in [-0.4, -0.2) is 38.6 Å². The van der Waals surface area contributed by atoms with Gasteiger partial charge in [0.25, 0.3) is 5.91 Å². The number of carbonyl (C=O) groups excluding carboxylic acids is 2. The molecule has 27 heavy (non-hydrogen) atoms. The van der Waals surface area contributed by atoms with Gasteiger partial charge in [0, 0.05) is 18.5 Å². The van der Waals surface area contributed by atoms with Crippen molar-refractivity contribution in [1.82, 2.24) is 5.32 Å². The second-order valence-electron chi connectivity index (χ2n) is 6.43. The Balaban J connectivity index is 0.00000261. The summed E-state index contributed by atoms with van der Waals surface area (Å²) in [4.78, 5) is 24.8. The summed E-state index contributed by atoms with van der Waals surface area (Å²) in [7, 11) is 1.62. The van der Waals surface area contributed by atoms with Gasteiger partial charge in [0.05, 0.1) is 18.3 Å². The van der Waals surface area contributed by atoms with E-state index in [0.29, 0.717) is 18.0 Å². The zero-order chi connectivity index (χ0) is 18.4. The number of hydrogen-bond donors (Lipinski definition) is 3. The molecule has 0 radical (unpaired) electrons. The molecule has 1 aliphatic heterocycles. The molecule has 0 atom stereocenters. The maximum atomic E-state index is 12.8. The first-order chi connectivity index (χ1) is 12.6. The van der Waals surface area contributed by atoms with Gasteiger partial charge in [-0.25, -0.2) is 0 Å². The van der Waals surface area contributed by atoms with Gasteiger partial charge in [0.1, 0.15) is 0 Å². The Labute approximate surface area is 164 Å². The number of piperidine rings is 1. The number of carbonyl (C=O) groups is 2. The fourth-order valence-electron chi connectivity index (χ4n) is 3.12. The lowest BCUT2D eigenvalue weighted by Gasteiger charge is -2.35. The molecule has 0 unspecified atom stereocenters. The minimum atomic E-state index is -0.508. The van der Waals surface area contributed by atoms with Gasteiger partial charge in [-0.2, -0.15) is 0 Å². The van der Waals surface area contributed by atoms with E-state index in [9.17, 15) is 9.59 Å². The minimum absolute atomic E-state index is 0. The summed E-state index contributed by atoms with van der Waals surface area (Å²) < 4.78 is 10.4. The highest BCUT2D eigenvalue weighted by molar-refractivity contribution is 6.02. The molecule has 3 rings (SSSR count). The van der Waals surface area contributed by atoms with Crippen molar-refractivity contribution in [3.63, 3.8) is 0 Å². The molecule has 0 saturated carbocycles. The van der Waals surface area contributed by atoms with Crippen LogP contribution in [0.1, 0.15) is 23.4 Å². The number of furan rings is 1. The minimum Gasteiger partial charge on any atom is -0.459 e. The Hall–Kier alpha value is -2.35. The van der Waals surface area contributed by atoms with Crippen LogP contribution in [-0.2, 0) is 9.53 Å². The van der Waals surface area contributed by atoms with Crippen LogP contribution in [0.25, 0.3) is 0 Å². The number of amides is 2. The number of nitrogens with one attached hydrogen (secondary N) is 3. The van der Waals surface area contributed by atoms with Crippen LogP contribution < -0.4 is 16.0 Å². The number of ether oxygens (including phenoxy) is 1. The van der Waals surface area contributed by atoms with Gasteiger partial charge >= 0.3 is 0 Å². The normalized spacial score (nSPS) is 15.4. The van der Waals surface area contributed by atoms with Crippen LogP contribution in [0.5, 0.6) is 0 Å². The zero-order valence-corrected chi connectivity index (χ0v) is 15.9. The molecule has 7 nitrogen and oxygen atoms in total. The molecule has 1 aromatic heterocycles. The Morgan fingerprint density at radius 1 is 1.11 bits per heavy atom. The first-order valence-electron chi connectivity index (χ1n) is 8.59. The Kier molecular flexibility index (Phi) is 7.41. The fourth-order valence-corrected chi connectivity index (χ4v) is 3.12. The first-order valence-corrected chi connectivity index (χ1v) is 8.59. The molecule has 2 aromatic rings. The summed E-state index contributed by atoms with van der Waals surface area (Å²) in [6.07, 6.45) is 2.93. The summed E-state index contributed by atoms with van der Waals surface area (Å²) >= 11 is 0. The van der Waals surface area contributed by atoms with E-state index in [1.165, 1.54) is 6.26 Å². The highest BCUT2D eigenvalue weighted by Crippen LogP contribution is 2.31. The number of methoxy groups -OCH3 is 1. The molecule has 0 spiro atoms. The van der Waals surface area contributed by atoms with Crippen molar-refractivity contribution in [1.29, 1.82) is 0 Å². The zero-order valence-electron chi connectivity index (χ0n) is 15.1. The predicted octanol–water partition coefficient (Wildman–Crippen LogP) is 2.91. The fraction of sp³-hybridized carbons (Fsp3) is 0.368. The molecule has 8 heteroatoms. The highest BCUT2D eigenvalue weighted by atomic mass is 35.5. The van der Waals surface area contributed by atoms with Crippen LogP contribution in [0.3, 0.4) is 0 Å². The summed E-state index contributed by atoms with van der Waals surface area (Å²) in [6, 6.07) is 10.3. The second kappa shape index (κ2) is 9.55. The summed E-state index contributed by atoms with van der Waals surface area (Å²) in [6.45, 7) is 2.00. The molecule has 2 amide bonds. The highest BCUT2D eigenvalue weighted by Gasteiger charge is 2.39. The van der Waals surface area contributed by atoms with E-state index < -0.39 is 5.41 Å². The van der Waals surface area contributed by atoms with Crippen LogP contribution in [0.4, 0.5) is 11.4 Å². The van der Waals surface area contributed by atoms with Crippen molar-refractivity contribution < 1.29 is 18.7 Å². The standard InChI is InChI=1S/C19H23N3O4.ClH/c1-25-13-19(8-10-20-11-9-19)18(24)22-15-6-4-14(5-7-15)21-17(23)16-3-2-12-26-16;/h2-7,12,20H,8-11,13H2,1H3,(H,21,23)(H,22,24);1H. The molecule has 3 N–H and O–H groups in total. The lowest BCUT2D eigenvalue weighted by atomic mass is 9.78. The third kappa shape index (κ3) is 5.09. The molecule has 1 aliphatic rings. The summed E-state index contributed by atoms with van der Waals surface area (Å²) in [5, 5.41) is 8.98. The monoisotopic (exact) mass is 393 g/mol. The van der Waals surface area contributed by atoms with E-state index in [2.05, 4.69) is 16.0 Å². The van der Waals surface area contributed by atoms with Crippen molar-refractivity contribution in [3.8, 4) is 0 Å². The molecule has 146 valence electrons. The van der Waals surface area contributed by atoms with Crippen LogP contribution >= 0.6 is 12.4 Å². The number of benzene rings is 1. The topological polar surface area (TPSA) is 92.6 Å². The Morgan fingerprint density at radius 3 is 2.30 bits per heavy atom. The average Bonchev–Trinajstić information content (AvgIpc) is 3.19. The van der Waals surface area contributed by atoms with Crippen LogP contribution in [0, 0.1) is 5.41 Å². The molecule has 1 saturated heterocycles. The molecule has 2 heterocycles. The molecule has 0 bridgehead atoms. The number of halogens is 1. The van der Waals surface area contributed by atoms with E-state index in [0.717, 1.165) is 25.9 Å². The summed E-state index contributed by atoms with van der Waals surface area (Å²) in [5.41, 5.74) is 0.796. The van der Waals surface area contributed by atoms with Gasteiger partial charge in [-0.1, -0.05) is 0 Å². The van der Waals surface area contributed by atoms with E-state index in [-0.39, 0.29) is 30.0 Å². The van der Waals surface area contributed by atoms with Crippen molar-refractivity contribution in [2.24, 2.45) is 5.41 Å². The SMILES string of the molecule is COCC1(C(=O)Nc2ccc(NC(=O)c3ccco3)cc2)CCNCC1.Cl. The van der Waals surface area contributed by atoms with Crippen molar-refractivity contribution in [3.05, 3.63) is 48.4 Å². The first kappa shape index (κ1) is 21.0. The van der Waals surface area contributed by atoms with Crippen molar-refractivity contribution in [2.45, 2.75) is 12.8 Å². The van der Waals surface area contributed by atoms with Gasteiger partial charge in [-0.3, -0.25) is 9.59 Å². The lowest BCUT2D eigenvalue weighted by molar-refractivity contribution is -0.130. The molecular weight excluding hydrogens is 370 g/mol. The smallest absolute Gasteiger partial charge is 0.291 e. The van der Waals surface area contributed by atoms with Gasteiger partial charge in [-0.05, 0) is 62.3 Å². The van der Waals surface area contributed by atoms with E-state index in [4.69, 9.17) is 9.15 Å². The largest absolute Gasteiger partial charge is 0.459 e. The van der Waals surface area contributed by atoms with E-state index in [1.54, 1.807) is 43.5 Å². The molecule has 0 aliphatic carbocycles. The Bertz CT molecular complexity index is 735. The quantitative estimate of drug-likeness (QED) is 0.701. The van der Waals surface area contributed by atoms with Crippen LogP contribution in [0.15, 0.2) is 47.1 Å². The second-order valence-corrected chi connectivity index (χ2v) is 6.43. The number of anilines is 2. The number of hydrogen-bond acceptors (Lipinski definition) is 5. The maximum absolute atomic E-state index is 12.8. The Morgan fingerprint density at radius 2 is 1.74 bits per heavy atom. The van der Waals surface area contributed by atoms with Crippen molar-refractivity contribution in [2.75, 3.05) is 37.4 Å². The maximum Gasteiger partial charge on any atom is 0.291 e. The van der Waals surface area contributed by atoms with Crippen LogP contribution in [0.2, 0.25) is 0 Å². The van der Waals surface area contributed by atoms with Gasteiger partial charge in [0.15, 0.2) is 5.76 Å². The van der Waals surface area contributed by atoms with Gasteiger partial charge in [-0.15, -0.1) is 12.4 Å². The lowest BCUT2D eigenvalue weighted by Crippen LogP contribution is -2.47. The number of rotatable bonds is 6. The third-order valence-electron chi connectivity index (χ3n) is 4.61. The predicted molar refractivity (Wildman–Crippen MR) is 105 cm³/mol. The third-order valence-corrected chi connectivity index (χ3v) is 4.61. The summed E-state index contributed by atoms with van der Waals surface area (Å²) in [5.74, 6) is -0.108.